The van der Waals surface area contributed by atoms with Crippen molar-refractivity contribution in [3.63, 3.8) is 0 Å². The quantitative estimate of drug-likeness (QED) is 0.708. The predicted molar refractivity (Wildman–Crippen MR) is 89.2 cm³/mol. The summed E-state index contributed by atoms with van der Waals surface area (Å²) in [7, 11) is -3.86. The van der Waals surface area contributed by atoms with Crippen LogP contribution in [0.3, 0.4) is 0 Å². The van der Waals surface area contributed by atoms with Crippen molar-refractivity contribution in [3.05, 3.63) is 11.8 Å². The Morgan fingerprint density at radius 3 is 2.96 bits per heavy atom. The maximum absolute atomic E-state index is 12.5. The Bertz CT molecular complexity index is 658. The van der Waals surface area contributed by atoms with Crippen molar-refractivity contribution in [1.82, 2.24) is 19.8 Å². The van der Waals surface area contributed by atoms with Crippen molar-refractivity contribution in [3.8, 4) is 0 Å². The fourth-order valence-corrected chi connectivity index (χ4v) is 4.23. The minimum atomic E-state index is -3.86. The number of carbonyl (C=O) groups excluding carboxylic acids is 1. The molecule has 0 amide bonds. The summed E-state index contributed by atoms with van der Waals surface area (Å²) in [5.41, 5.74) is -0.0802. The summed E-state index contributed by atoms with van der Waals surface area (Å²) in [6, 6.07) is 0.518. The van der Waals surface area contributed by atoms with E-state index in [1.165, 1.54) is 12.6 Å². The zero-order valence-electron chi connectivity index (χ0n) is 14.4. The Morgan fingerprint density at radius 1 is 1.54 bits per heavy atom. The molecule has 2 N–H and O–H groups in total. The lowest BCUT2D eigenvalue weighted by Crippen LogP contribution is -2.48. The van der Waals surface area contributed by atoms with E-state index in [2.05, 4.69) is 26.7 Å². The molecule has 2 heterocycles. The SMILES string of the molecule is CCOC(=O)c1cn[nH]c1S(=O)(=O)NC[C@H](C)N1CCCC[C@H]1C. The lowest BCUT2D eigenvalue weighted by molar-refractivity contribution is 0.0522. The van der Waals surface area contributed by atoms with Gasteiger partial charge in [-0.3, -0.25) is 10.00 Å². The van der Waals surface area contributed by atoms with E-state index >= 15 is 0 Å². The molecular weight excluding hydrogens is 332 g/mol. The number of H-pyrrole nitrogens is 1. The minimum absolute atomic E-state index is 0.0732. The number of piperidine rings is 1. The molecule has 24 heavy (non-hydrogen) atoms. The number of sulfonamides is 1. The highest BCUT2D eigenvalue weighted by Gasteiger charge is 2.28. The number of carbonyl (C=O) groups is 1. The summed E-state index contributed by atoms with van der Waals surface area (Å²) in [5, 5.41) is 5.80. The lowest BCUT2D eigenvalue weighted by atomic mass is 10.0. The maximum atomic E-state index is 12.5. The predicted octanol–water partition coefficient (Wildman–Crippen LogP) is 1.13. The van der Waals surface area contributed by atoms with E-state index in [-0.39, 0.29) is 29.8 Å². The first kappa shape index (κ1) is 18.9. The van der Waals surface area contributed by atoms with E-state index < -0.39 is 16.0 Å². The van der Waals surface area contributed by atoms with Crippen molar-refractivity contribution in [2.24, 2.45) is 0 Å². The topological polar surface area (TPSA) is 104 Å². The molecule has 0 unspecified atom stereocenters. The minimum Gasteiger partial charge on any atom is -0.462 e. The Labute approximate surface area is 143 Å². The molecule has 2 rings (SSSR count). The van der Waals surface area contributed by atoms with Crippen LogP contribution in [0.4, 0.5) is 0 Å². The van der Waals surface area contributed by atoms with Crippen molar-refractivity contribution in [2.45, 2.75) is 57.1 Å². The lowest BCUT2D eigenvalue weighted by Gasteiger charge is -2.38. The van der Waals surface area contributed by atoms with Gasteiger partial charge in [-0.1, -0.05) is 6.42 Å². The van der Waals surface area contributed by atoms with E-state index in [1.807, 2.05) is 6.92 Å². The van der Waals surface area contributed by atoms with E-state index in [9.17, 15) is 13.2 Å². The van der Waals surface area contributed by atoms with Gasteiger partial charge < -0.3 is 4.74 Å². The van der Waals surface area contributed by atoms with Crippen LogP contribution in [0.15, 0.2) is 11.2 Å². The zero-order chi connectivity index (χ0) is 17.7. The van der Waals surface area contributed by atoms with Gasteiger partial charge in [0.15, 0.2) is 5.03 Å². The first-order chi connectivity index (χ1) is 11.4. The van der Waals surface area contributed by atoms with Crippen LogP contribution >= 0.6 is 0 Å². The summed E-state index contributed by atoms with van der Waals surface area (Å²) >= 11 is 0. The Balaban J connectivity index is 2.04. The summed E-state index contributed by atoms with van der Waals surface area (Å²) in [6.45, 7) is 7.24. The van der Waals surface area contributed by atoms with Crippen LogP contribution in [0.5, 0.6) is 0 Å². The molecule has 1 saturated heterocycles. The second-order valence-electron chi connectivity index (χ2n) is 6.12. The average Bonchev–Trinajstić information content (AvgIpc) is 3.04. The van der Waals surface area contributed by atoms with Crippen LogP contribution < -0.4 is 4.72 Å². The van der Waals surface area contributed by atoms with E-state index in [0.717, 1.165) is 19.4 Å². The Morgan fingerprint density at radius 2 is 2.29 bits per heavy atom. The van der Waals surface area contributed by atoms with Gasteiger partial charge in [0.1, 0.15) is 5.56 Å². The fourth-order valence-electron chi connectivity index (χ4n) is 3.03. The molecule has 2 atom stereocenters. The molecule has 0 radical (unpaired) electrons. The molecule has 1 aromatic heterocycles. The number of hydrogen-bond acceptors (Lipinski definition) is 6. The normalized spacial score (nSPS) is 20.7. The van der Waals surface area contributed by atoms with Gasteiger partial charge in [-0.05, 0) is 40.2 Å². The van der Waals surface area contributed by atoms with Crippen LogP contribution in [0.2, 0.25) is 0 Å². The van der Waals surface area contributed by atoms with Gasteiger partial charge in [0.25, 0.3) is 10.0 Å². The van der Waals surface area contributed by atoms with Crippen molar-refractivity contribution in [1.29, 1.82) is 0 Å². The summed E-state index contributed by atoms with van der Waals surface area (Å²) < 4.78 is 32.4. The molecule has 0 spiro atoms. The number of ether oxygens (including phenoxy) is 1. The van der Waals surface area contributed by atoms with Crippen molar-refractivity contribution < 1.29 is 17.9 Å². The number of aromatic amines is 1. The summed E-state index contributed by atoms with van der Waals surface area (Å²) in [5.74, 6) is -0.704. The monoisotopic (exact) mass is 358 g/mol. The standard InChI is InChI=1S/C15H26N4O4S/c1-4-23-15(20)13-10-16-18-14(13)24(21,22)17-9-12(3)19-8-6-5-7-11(19)2/h10-12,17H,4-9H2,1-3H3,(H,16,18)/t11-,12+/m1/s1. The zero-order valence-corrected chi connectivity index (χ0v) is 15.2. The molecule has 1 fully saturated rings. The number of rotatable bonds is 7. The first-order valence-corrected chi connectivity index (χ1v) is 9.81. The molecule has 8 nitrogen and oxygen atoms in total. The fraction of sp³-hybridized carbons (Fsp3) is 0.733. The van der Waals surface area contributed by atoms with E-state index in [4.69, 9.17) is 4.74 Å². The van der Waals surface area contributed by atoms with Crippen LogP contribution in [0.25, 0.3) is 0 Å². The summed E-state index contributed by atoms with van der Waals surface area (Å²) in [4.78, 5) is 14.1. The molecule has 136 valence electrons. The number of nitrogens with zero attached hydrogens (tertiary/aromatic N) is 2. The van der Waals surface area contributed by atoms with Gasteiger partial charge in [-0.15, -0.1) is 0 Å². The van der Waals surface area contributed by atoms with E-state index in [0.29, 0.717) is 6.04 Å². The van der Waals surface area contributed by atoms with Gasteiger partial charge in [0.2, 0.25) is 0 Å². The highest BCUT2D eigenvalue weighted by molar-refractivity contribution is 7.89. The Hall–Kier alpha value is -1.45. The third kappa shape index (κ3) is 4.34. The van der Waals surface area contributed by atoms with Gasteiger partial charge in [-0.2, -0.15) is 5.10 Å². The van der Waals surface area contributed by atoms with E-state index in [1.54, 1.807) is 6.92 Å². The molecule has 1 aromatic rings. The molecule has 0 bridgehead atoms. The number of aromatic nitrogens is 2. The molecule has 9 heteroatoms. The van der Waals surface area contributed by atoms with Crippen LogP contribution in [-0.2, 0) is 14.8 Å². The third-order valence-electron chi connectivity index (χ3n) is 4.36. The molecule has 1 aliphatic rings. The molecule has 0 aromatic carbocycles. The average molecular weight is 358 g/mol. The third-order valence-corrected chi connectivity index (χ3v) is 5.75. The second-order valence-corrected chi connectivity index (χ2v) is 7.82. The molecule has 0 saturated carbocycles. The first-order valence-electron chi connectivity index (χ1n) is 8.32. The van der Waals surface area contributed by atoms with Crippen LogP contribution in [-0.4, -0.2) is 61.3 Å². The van der Waals surface area contributed by atoms with Crippen molar-refractivity contribution >= 4 is 16.0 Å². The summed E-state index contributed by atoms with van der Waals surface area (Å²) in [6.07, 6.45) is 4.65. The number of likely N-dealkylation sites (tertiary alicyclic amines) is 1. The smallest absolute Gasteiger partial charge is 0.342 e. The van der Waals surface area contributed by atoms with Gasteiger partial charge in [-0.25, -0.2) is 17.9 Å². The largest absolute Gasteiger partial charge is 0.462 e. The molecule has 0 aliphatic carbocycles. The second kappa shape index (κ2) is 8.09. The van der Waals surface area contributed by atoms with Gasteiger partial charge in [0.05, 0.1) is 12.8 Å². The van der Waals surface area contributed by atoms with Gasteiger partial charge >= 0.3 is 5.97 Å². The van der Waals surface area contributed by atoms with Crippen LogP contribution in [0, 0.1) is 0 Å². The highest BCUT2D eigenvalue weighted by atomic mass is 32.2. The highest BCUT2D eigenvalue weighted by Crippen LogP contribution is 2.19. The number of nitrogens with one attached hydrogen (secondary N) is 2. The van der Waals surface area contributed by atoms with Crippen LogP contribution in [0.1, 0.15) is 50.4 Å². The number of esters is 1. The van der Waals surface area contributed by atoms with Crippen molar-refractivity contribution in [2.75, 3.05) is 19.7 Å². The Kier molecular flexibility index (Phi) is 6.36. The van der Waals surface area contributed by atoms with Gasteiger partial charge in [0, 0.05) is 18.6 Å². The maximum Gasteiger partial charge on any atom is 0.342 e. The molecule has 1 aliphatic heterocycles. The molecular formula is C15H26N4O4S. The number of hydrogen-bond donors (Lipinski definition) is 2.